The van der Waals surface area contributed by atoms with Gasteiger partial charge in [0.15, 0.2) is 6.10 Å². The smallest absolute Gasteiger partial charge is 0.387 e. The Hall–Kier alpha value is -2.90. The number of ether oxygens (including phenoxy) is 2. The summed E-state index contributed by atoms with van der Waals surface area (Å²) >= 11 is 0. The van der Waals surface area contributed by atoms with Crippen LogP contribution in [0.4, 0.5) is 24.5 Å². The van der Waals surface area contributed by atoms with Crippen LogP contribution < -0.4 is 20.1 Å². The van der Waals surface area contributed by atoms with E-state index in [0.717, 1.165) is 6.07 Å². The number of benzene rings is 2. The Morgan fingerprint density at radius 3 is 2.80 bits per heavy atom. The number of anilines is 2. The number of halogens is 3. The third-order valence-electron chi connectivity index (χ3n) is 3.75. The Bertz CT molecular complexity index is 814. The largest absolute Gasteiger partial charge is 0.479 e. The molecule has 0 saturated carbocycles. The van der Waals surface area contributed by atoms with Crippen LogP contribution in [0.5, 0.6) is 11.5 Å². The van der Waals surface area contributed by atoms with Crippen LogP contribution in [0.2, 0.25) is 0 Å². The van der Waals surface area contributed by atoms with Crippen LogP contribution in [-0.2, 0) is 11.3 Å². The predicted octanol–water partition coefficient (Wildman–Crippen LogP) is 3.32. The number of rotatable bonds is 4. The quantitative estimate of drug-likeness (QED) is 0.858. The van der Waals surface area contributed by atoms with Crippen molar-refractivity contribution in [3.05, 3.63) is 47.8 Å². The van der Waals surface area contributed by atoms with Gasteiger partial charge in [-0.05, 0) is 24.6 Å². The van der Waals surface area contributed by atoms with Crippen LogP contribution in [0.1, 0.15) is 12.5 Å². The van der Waals surface area contributed by atoms with Gasteiger partial charge < -0.3 is 20.1 Å². The Morgan fingerprint density at radius 1 is 1.32 bits per heavy atom. The number of nitrogen functional groups attached to an aromatic ring is 1. The minimum Gasteiger partial charge on any atom is -0.479 e. The summed E-state index contributed by atoms with van der Waals surface area (Å²) in [6, 6.07) is 8.40. The number of hydrogen-bond donors (Lipinski definition) is 1. The second-order valence-electron chi connectivity index (χ2n) is 5.55. The number of nitrogens with zero attached hydrogens (tertiary/aromatic N) is 1. The van der Waals surface area contributed by atoms with Crippen LogP contribution in [0.3, 0.4) is 0 Å². The number of hydrogen-bond acceptors (Lipinski definition) is 4. The van der Waals surface area contributed by atoms with Gasteiger partial charge in [0.2, 0.25) is 0 Å². The molecular weight excluding hydrogens is 337 g/mol. The van der Waals surface area contributed by atoms with E-state index in [1.165, 1.54) is 29.2 Å². The van der Waals surface area contributed by atoms with E-state index in [4.69, 9.17) is 10.5 Å². The van der Waals surface area contributed by atoms with Crippen molar-refractivity contribution < 1.29 is 27.4 Å². The van der Waals surface area contributed by atoms with Gasteiger partial charge in [-0.15, -0.1) is 0 Å². The fourth-order valence-corrected chi connectivity index (χ4v) is 2.61. The third-order valence-corrected chi connectivity index (χ3v) is 3.75. The van der Waals surface area contributed by atoms with Gasteiger partial charge in [0, 0.05) is 12.1 Å². The normalized spacial score (nSPS) is 16.6. The van der Waals surface area contributed by atoms with Crippen molar-refractivity contribution in [1.29, 1.82) is 0 Å². The molecule has 5 nitrogen and oxygen atoms in total. The minimum absolute atomic E-state index is 0.0232. The lowest BCUT2D eigenvalue weighted by atomic mass is 10.1. The van der Waals surface area contributed by atoms with E-state index in [1.807, 2.05) is 0 Å². The zero-order valence-corrected chi connectivity index (χ0v) is 13.2. The van der Waals surface area contributed by atoms with Gasteiger partial charge in [-0.25, -0.2) is 4.39 Å². The maximum Gasteiger partial charge on any atom is 0.387 e. The van der Waals surface area contributed by atoms with Gasteiger partial charge in [0.25, 0.3) is 5.91 Å². The van der Waals surface area contributed by atoms with E-state index in [1.54, 1.807) is 13.0 Å². The first kappa shape index (κ1) is 16.9. The lowest BCUT2D eigenvalue weighted by Gasteiger charge is -2.33. The van der Waals surface area contributed by atoms with Crippen LogP contribution >= 0.6 is 0 Å². The standard InChI is InChI=1S/C17H15F3N2O3/c1-9-16(23)22(14-6-12(18)13(21)7-15(14)24-9)8-10-3-2-4-11(5-10)25-17(19)20/h2-7,9,17H,8,21H2,1H3/t9-/m1/s1. The highest BCUT2D eigenvalue weighted by molar-refractivity contribution is 6.00. The molecule has 0 unspecified atom stereocenters. The summed E-state index contributed by atoms with van der Waals surface area (Å²) in [6.07, 6.45) is -0.780. The van der Waals surface area contributed by atoms with Crippen molar-refractivity contribution in [2.45, 2.75) is 26.2 Å². The third kappa shape index (κ3) is 3.47. The Balaban J connectivity index is 1.94. The molecule has 0 saturated heterocycles. The van der Waals surface area contributed by atoms with Crippen LogP contribution in [0.15, 0.2) is 36.4 Å². The molecule has 1 aliphatic heterocycles. The summed E-state index contributed by atoms with van der Waals surface area (Å²) < 4.78 is 48.3. The molecule has 25 heavy (non-hydrogen) atoms. The maximum atomic E-state index is 13.8. The summed E-state index contributed by atoms with van der Waals surface area (Å²) in [5.74, 6) is -0.794. The van der Waals surface area contributed by atoms with Gasteiger partial charge in [0.05, 0.1) is 17.9 Å². The molecule has 132 valence electrons. The van der Waals surface area contributed by atoms with Crippen LogP contribution in [0.25, 0.3) is 0 Å². The van der Waals surface area contributed by atoms with E-state index in [0.29, 0.717) is 5.56 Å². The summed E-state index contributed by atoms with van der Waals surface area (Å²) in [6.45, 7) is -1.34. The van der Waals surface area contributed by atoms with Crippen molar-refractivity contribution in [2.24, 2.45) is 0 Å². The highest BCUT2D eigenvalue weighted by Crippen LogP contribution is 2.38. The first-order chi connectivity index (χ1) is 11.8. The number of nitrogens with two attached hydrogens (primary N) is 1. The van der Waals surface area contributed by atoms with Crippen molar-refractivity contribution in [1.82, 2.24) is 0 Å². The summed E-state index contributed by atoms with van der Waals surface area (Å²) in [4.78, 5) is 13.8. The molecule has 0 spiro atoms. The van der Waals surface area contributed by atoms with Crippen molar-refractivity contribution >= 4 is 17.3 Å². The average molecular weight is 352 g/mol. The highest BCUT2D eigenvalue weighted by Gasteiger charge is 2.32. The Morgan fingerprint density at radius 2 is 2.08 bits per heavy atom. The maximum absolute atomic E-state index is 13.8. The molecule has 0 bridgehead atoms. The Kier molecular flexibility index (Phi) is 4.43. The van der Waals surface area contributed by atoms with Crippen LogP contribution in [0, 0.1) is 5.82 Å². The molecule has 1 aliphatic rings. The summed E-state index contributed by atoms with van der Waals surface area (Å²) in [5.41, 5.74) is 6.23. The predicted molar refractivity (Wildman–Crippen MR) is 85.2 cm³/mol. The number of alkyl halides is 2. The van der Waals surface area contributed by atoms with Crippen molar-refractivity contribution in [2.75, 3.05) is 10.6 Å². The molecule has 0 aromatic heterocycles. The van der Waals surface area contributed by atoms with Gasteiger partial charge in [0.1, 0.15) is 17.3 Å². The SMILES string of the molecule is C[C@H]1Oc2cc(N)c(F)cc2N(Cc2cccc(OC(F)F)c2)C1=O. The zero-order chi connectivity index (χ0) is 18.1. The van der Waals surface area contributed by atoms with Crippen molar-refractivity contribution in [3.8, 4) is 11.5 Å². The van der Waals surface area contributed by atoms with E-state index >= 15 is 0 Å². The van der Waals surface area contributed by atoms with Gasteiger partial charge >= 0.3 is 6.61 Å². The number of amides is 1. The average Bonchev–Trinajstić information content (AvgIpc) is 2.54. The molecule has 0 radical (unpaired) electrons. The van der Waals surface area contributed by atoms with E-state index in [9.17, 15) is 18.0 Å². The van der Waals surface area contributed by atoms with Gasteiger partial charge in [-0.3, -0.25) is 4.79 Å². The molecule has 1 heterocycles. The highest BCUT2D eigenvalue weighted by atomic mass is 19.3. The number of fused-ring (bicyclic) bond motifs is 1. The molecule has 8 heteroatoms. The lowest BCUT2D eigenvalue weighted by molar-refractivity contribution is -0.125. The molecule has 2 aromatic carbocycles. The summed E-state index contributed by atoms with van der Waals surface area (Å²) in [5, 5.41) is 0. The van der Waals surface area contributed by atoms with E-state index in [-0.39, 0.29) is 35.3 Å². The number of carbonyl (C=O) groups excluding carboxylic acids is 1. The lowest BCUT2D eigenvalue weighted by Crippen LogP contribution is -2.44. The molecular formula is C17H15F3N2O3. The molecule has 2 aromatic rings. The van der Waals surface area contributed by atoms with E-state index in [2.05, 4.69) is 4.74 Å². The van der Waals surface area contributed by atoms with E-state index < -0.39 is 18.5 Å². The van der Waals surface area contributed by atoms with Crippen LogP contribution in [-0.4, -0.2) is 18.6 Å². The van der Waals surface area contributed by atoms with Crippen molar-refractivity contribution in [3.63, 3.8) is 0 Å². The topological polar surface area (TPSA) is 64.8 Å². The van der Waals surface area contributed by atoms with Gasteiger partial charge in [-0.1, -0.05) is 12.1 Å². The molecule has 3 rings (SSSR count). The second kappa shape index (κ2) is 6.54. The number of carbonyl (C=O) groups is 1. The molecule has 1 atom stereocenters. The first-order valence-electron chi connectivity index (χ1n) is 7.46. The molecule has 1 amide bonds. The molecule has 0 fully saturated rings. The fourth-order valence-electron chi connectivity index (χ4n) is 2.61. The monoisotopic (exact) mass is 352 g/mol. The minimum atomic E-state index is -2.95. The Labute approximate surface area is 141 Å². The molecule has 0 aliphatic carbocycles. The zero-order valence-electron chi connectivity index (χ0n) is 13.2. The summed E-state index contributed by atoms with van der Waals surface area (Å²) in [7, 11) is 0. The van der Waals surface area contributed by atoms with Gasteiger partial charge in [-0.2, -0.15) is 8.78 Å². The molecule has 2 N–H and O–H groups in total. The first-order valence-corrected chi connectivity index (χ1v) is 7.46. The second-order valence-corrected chi connectivity index (χ2v) is 5.55. The fraction of sp³-hybridized carbons (Fsp3) is 0.235.